The number of halogens is 1. The lowest BCUT2D eigenvalue weighted by Gasteiger charge is -2.13. The summed E-state index contributed by atoms with van der Waals surface area (Å²) >= 11 is 5.81. The Kier molecular flexibility index (Phi) is 3.44. The van der Waals surface area contributed by atoms with Gasteiger partial charge >= 0.3 is 5.97 Å². The minimum atomic E-state index is -1.05. The number of hydrogen-bond donors (Lipinski definition) is 1. The third-order valence-corrected chi connectivity index (χ3v) is 3.19. The molecule has 19 heavy (non-hydrogen) atoms. The summed E-state index contributed by atoms with van der Waals surface area (Å²) in [5.41, 5.74) is 1.26. The second-order valence-electron chi connectivity index (χ2n) is 4.25. The molecule has 1 N–H and O–H groups in total. The number of aryl methyl sites for hydroxylation is 1. The van der Waals surface area contributed by atoms with Crippen LogP contribution in [0, 0.1) is 13.8 Å². The first-order chi connectivity index (χ1) is 8.91. The highest BCUT2D eigenvalue weighted by atomic mass is 35.5. The predicted octanol–water partition coefficient (Wildman–Crippen LogP) is 2.81. The lowest BCUT2D eigenvalue weighted by atomic mass is 10.1. The maximum absolute atomic E-state index is 12.2. The number of carboxylic acids is 1. The normalized spacial score (nSPS) is 10.5. The van der Waals surface area contributed by atoms with Gasteiger partial charge in [-0.2, -0.15) is 0 Å². The Bertz CT molecular complexity index is 702. The van der Waals surface area contributed by atoms with Crippen molar-refractivity contribution >= 4 is 17.6 Å². The second kappa shape index (κ2) is 4.90. The van der Waals surface area contributed by atoms with Crippen molar-refractivity contribution in [1.82, 2.24) is 4.57 Å². The molecule has 2 aromatic rings. The van der Waals surface area contributed by atoms with Crippen LogP contribution in [0.3, 0.4) is 0 Å². The highest BCUT2D eigenvalue weighted by Crippen LogP contribution is 2.16. The van der Waals surface area contributed by atoms with Gasteiger partial charge in [-0.25, -0.2) is 4.79 Å². The molecule has 1 heterocycles. The zero-order valence-electron chi connectivity index (χ0n) is 10.5. The minimum absolute atomic E-state index is 0.118. The van der Waals surface area contributed by atoms with E-state index in [0.29, 0.717) is 22.0 Å². The molecular weight excluding hydrogens is 266 g/mol. The Morgan fingerprint density at radius 3 is 2.32 bits per heavy atom. The molecule has 1 aromatic heterocycles. The number of pyridine rings is 1. The van der Waals surface area contributed by atoms with E-state index in [-0.39, 0.29) is 11.1 Å². The summed E-state index contributed by atoms with van der Waals surface area (Å²) in [5, 5.41) is 9.72. The predicted molar refractivity (Wildman–Crippen MR) is 73.5 cm³/mol. The average Bonchev–Trinajstić information content (AvgIpc) is 2.36. The number of hydrogen-bond acceptors (Lipinski definition) is 2. The zero-order chi connectivity index (χ0) is 14.2. The molecule has 0 aliphatic rings. The van der Waals surface area contributed by atoms with Crippen molar-refractivity contribution < 1.29 is 9.90 Å². The highest BCUT2D eigenvalue weighted by molar-refractivity contribution is 6.30. The molecule has 0 saturated carbocycles. The molecule has 0 spiro atoms. The zero-order valence-corrected chi connectivity index (χ0v) is 11.2. The van der Waals surface area contributed by atoms with Gasteiger partial charge in [0, 0.05) is 22.0 Å². The largest absolute Gasteiger partial charge is 0.478 e. The Morgan fingerprint density at radius 2 is 1.79 bits per heavy atom. The molecule has 0 amide bonds. The maximum atomic E-state index is 12.2. The van der Waals surface area contributed by atoms with Crippen molar-refractivity contribution in [3.8, 4) is 5.69 Å². The fraction of sp³-hybridized carbons (Fsp3) is 0.143. The third-order valence-electron chi connectivity index (χ3n) is 2.94. The number of aromatic carboxylic acids is 1. The average molecular weight is 278 g/mol. The molecule has 0 aliphatic heterocycles. The van der Waals surface area contributed by atoms with Crippen molar-refractivity contribution in [2.24, 2.45) is 0 Å². The Hall–Kier alpha value is -2.07. The Morgan fingerprint density at radius 1 is 1.21 bits per heavy atom. The molecule has 4 nitrogen and oxygen atoms in total. The summed E-state index contributed by atoms with van der Waals surface area (Å²) in [7, 11) is 0. The number of carbonyl (C=O) groups is 1. The summed E-state index contributed by atoms with van der Waals surface area (Å²) in [5.74, 6) is -1.05. The SMILES string of the molecule is Cc1cc(C(=O)O)c(C)n(-c2ccc(Cl)cc2)c1=O. The Labute approximate surface area is 114 Å². The van der Waals surface area contributed by atoms with Gasteiger partial charge in [0.15, 0.2) is 0 Å². The molecule has 0 bridgehead atoms. The van der Waals surface area contributed by atoms with Crippen molar-refractivity contribution in [3.63, 3.8) is 0 Å². The first-order valence-electron chi connectivity index (χ1n) is 5.64. The van der Waals surface area contributed by atoms with E-state index >= 15 is 0 Å². The summed E-state index contributed by atoms with van der Waals surface area (Å²) in [6.07, 6.45) is 0. The summed E-state index contributed by atoms with van der Waals surface area (Å²) in [4.78, 5) is 23.4. The van der Waals surface area contributed by atoms with Crippen LogP contribution in [0.4, 0.5) is 0 Å². The van der Waals surface area contributed by atoms with Gasteiger partial charge < -0.3 is 5.11 Å². The van der Waals surface area contributed by atoms with Gasteiger partial charge in [-0.3, -0.25) is 9.36 Å². The van der Waals surface area contributed by atoms with Crippen LogP contribution in [0.1, 0.15) is 21.6 Å². The van der Waals surface area contributed by atoms with Crippen LogP contribution >= 0.6 is 11.6 Å². The van der Waals surface area contributed by atoms with Crippen LogP contribution in [-0.4, -0.2) is 15.6 Å². The van der Waals surface area contributed by atoms with Crippen LogP contribution in [0.15, 0.2) is 35.1 Å². The van der Waals surface area contributed by atoms with E-state index in [1.165, 1.54) is 10.6 Å². The number of rotatable bonds is 2. The molecule has 5 heteroatoms. The lowest BCUT2D eigenvalue weighted by Crippen LogP contribution is -2.25. The van der Waals surface area contributed by atoms with E-state index in [1.54, 1.807) is 38.1 Å². The second-order valence-corrected chi connectivity index (χ2v) is 4.69. The van der Waals surface area contributed by atoms with Gasteiger partial charge in [-0.1, -0.05) is 11.6 Å². The molecular formula is C14H12ClNO3. The topological polar surface area (TPSA) is 59.3 Å². The van der Waals surface area contributed by atoms with Gasteiger partial charge in [0.25, 0.3) is 5.56 Å². The molecule has 0 unspecified atom stereocenters. The molecule has 0 radical (unpaired) electrons. The third kappa shape index (κ3) is 2.39. The standard InChI is InChI=1S/C14H12ClNO3/c1-8-7-12(14(18)19)9(2)16(13(8)17)11-5-3-10(15)4-6-11/h3-7H,1-2H3,(H,18,19). The van der Waals surface area contributed by atoms with E-state index in [0.717, 1.165) is 0 Å². The van der Waals surface area contributed by atoms with E-state index in [2.05, 4.69) is 0 Å². The first-order valence-corrected chi connectivity index (χ1v) is 6.02. The van der Waals surface area contributed by atoms with Crippen LogP contribution in [-0.2, 0) is 0 Å². The fourth-order valence-electron chi connectivity index (χ4n) is 1.95. The van der Waals surface area contributed by atoms with E-state index in [9.17, 15) is 9.59 Å². The molecule has 2 rings (SSSR count). The quantitative estimate of drug-likeness (QED) is 0.918. The van der Waals surface area contributed by atoms with E-state index in [1.807, 2.05) is 0 Å². The van der Waals surface area contributed by atoms with Crippen molar-refractivity contribution in [3.05, 3.63) is 62.5 Å². The van der Waals surface area contributed by atoms with Crippen LogP contribution in [0.5, 0.6) is 0 Å². The summed E-state index contributed by atoms with van der Waals surface area (Å²) in [6, 6.07) is 8.08. The van der Waals surface area contributed by atoms with Crippen molar-refractivity contribution in [2.75, 3.05) is 0 Å². The van der Waals surface area contributed by atoms with E-state index in [4.69, 9.17) is 16.7 Å². The molecule has 0 saturated heterocycles. The highest BCUT2D eigenvalue weighted by Gasteiger charge is 2.15. The van der Waals surface area contributed by atoms with Crippen molar-refractivity contribution in [1.29, 1.82) is 0 Å². The smallest absolute Gasteiger partial charge is 0.337 e. The van der Waals surface area contributed by atoms with Gasteiger partial charge in [-0.05, 0) is 44.2 Å². The molecule has 0 fully saturated rings. The number of aromatic nitrogens is 1. The van der Waals surface area contributed by atoms with Gasteiger partial charge in [0.2, 0.25) is 0 Å². The number of nitrogens with zero attached hydrogens (tertiary/aromatic N) is 1. The number of benzene rings is 1. The van der Waals surface area contributed by atoms with Gasteiger partial charge in [0.05, 0.1) is 5.56 Å². The fourth-order valence-corrected chi connectivity index (χ4v) is 2.08. The minimum Gasteiger partial charge on any atom is -0.478 e. The number of carboxylic acid groups (broad SMARTS) is 1. The van der Waals surface area contributed by atoms with E-state index < -0.39 is 5.97 Å². The monoisotopic (exact) mass is 277 g/mol. The summed E-state index contributed by atoms with van der Waals surface area (Å²) < 4.78 is 1.38. The lowest BCUT2D eigenvalue weighted by molar-refractivity contribution is 0.0695. The van der Waals surface area contributed by atoms with Gasteiger partial charge in [-0.15, -0.1) is 0 Å². The first kappa shape index (κ1) is 13.4. The van der Waals surface area contributed by atoms with Gasteiger partial charge in [0.1, 0.15) is 0 Å². The molecule has 1 aromatic carbocycles. The maximum Gasteiger partial charge on any atom is 0.337 e. The summed E-state index contributed by atoms with van der Waals surface area (Å²) in [6.45, 7) is 3.21. The molecule has 0 atom stereocenters. The van der Waals surface area contributed by atoms with Crippen molar-refractivity contribution in [2.45, 2.75) is 13.8 Å². The van der Waals surface area contributed by atoms with Crippen LogP contribution < -0.4 is 5.56 Å². The van der Waals surface area contributed by atoms with Crippen LogP contribution in [0.25, 0.3) is 5.69 Å². The Balaban J connectivity index is 2.79. The molecule has 98 valence electrons. The van der Waals surface area contributed by atoms with Crippen LogP contribution in [0.2, 0.25) is 5.02 Å². The molecule has 0 aliphatic carbocycles.